The molecule has 8 heteroatoms. The predicted molar refractivity (Wildman–Crippen MR) is 126 cm³/mol. The number of rotatable bonds is 4. The molecule has 1 atom stereocenters. The van der Waals surface area contributed by atoms with Gasteiger partial charge in [0.15, 0.2) is 0 Å². The van der Waals surface area contributed by atoms with Crippen LogP contribution in [0.1, 0.15) is 64.4 Å². The molecule has 2 fully saturated rings. The van der Waals surface area contributed by atoms with E-state index in [4.69, 9.17) is 9.47 Å². The van der Waals surface area contributed by atoms with Crippen LogP contribution >= 0.6 is 15.9 Å². The fraction of sp³-hybridized carbons (Fsp3) is 0.667. The number of ether oxygens (including phenoxy) is 2. The van der Waals surface area contributed by atoms with Crippen molar-refractivity contribution in [1.82, 2.24) is 9.80 Å². The molecule has 2 amide bonds. The molecular formula is C24H35BrN2O5. The van der Waals surface area contributed by atoms with E-state index in [1.807, 2.05) is 39.0 Å². The summed E-state index contributed by atoms with van der Waals surface area (Å²) in [6.45, 7) is 7.19. The number of carbonyl (C=O) groups is 2. The summed E-state index contributed by atoms with van der Waals surface area (Å²) >= 11 is 3.52. The second kappa shape index (κ2) is 10.00. The van der Waals surface area contributed by atoms with Crippen molar-refractivity contribution >= 4 is 27.9 Å². The number of hydrogen-bond donors (Lipinski definition) is 1. The molecule has 0 aromatic heterocycles. The van der Waals surface area contributed by atoms with Crippen molar-refractivity contribution in [2.75, 3.05) is 33.3 Å². The lowest BCUT2D eigenvalue weighted by Gasteiger charge is -2.43. The molecule has 3 rings (SSSR count). The first-order chi connectivity index (χ1) is 15.0. The molecule has 1 aliphatic heterocycles. The van der Waals surface area contributed by atoms with E-state index in [0.717, 1.165) is 29.3 Å². The number of hydrogen-bond acceptors (Lipinski definition) is 5. The summed E-state index contributed by atoms with van der Waals surface area (Å²) < 4.78 is 11.6. The van der Waals surface area contributed by atoms with Crippen molar-refractivity contribution in [2.24, 2.45) is 0 Å². The van der Waals surface area contributed by atoms with Crippen LogP contribution in [0.2, 0.25) is 0 Å². The van der Waals surface area contributed by atoms with Gasteiger partial charge >= 0.3 is 6.09 Å². The summed E-state index contributed by atoms with van der Waals surface area (Å²) in [5.74, 6) is -0.0602. The van der Waals surface area contributed by atoms with E-state index in [0.29, 0.717) is 44.8 Å². The molecular weight excluding hydrogens is 476 g/mol. The quantitative estimate of drug-likeness (QED) is 0.652. The minimum atomic E-state index is -1.08. The Bertz CT molecular complexity index is 824. The summed E-state index contributed by atoms with van der Waals surface area (Å²) in [5, 5.41) is 11.6. The lowest BCUT2D eigenvalue weighted by atomic mass is 9.72. The van der Waals surface area contributed by atoms with Gasteiger partial charge < -0.3 is 24.4 Å². The van der Waals surface area contributed by atoms with Crippen molar-refractivity contribution in [3.63, 3.8) is 0 Å². The highest BCUT2D eigenvalue weighted by molar-refractivity contribution is 9.10. The van der Waals surface area contributed by atoms with Gasteiger partial charge in [-0.3, -0.25) is 4.79 Å². The van der Waals surface area contributed by atoms with Crippen molar-refractivity contribution < 1.29 is 24.2 Å². The van der Waals surface area contributed by atoms with Crippen molar-refractivity contribution in [1.29, 1.82) is 0 Å². The topological polar surface area (TPSA) is 79.3 Å². The first kappa shape index (κ1) is 24.8. The van der Waals surface area contributed by atoms with Gasteiger partial charge in [-0.25, -0.2) is 4.79 Å². The Morgan fingerprint density at radius 3 is 2.19 bits per heavy atom. The smallest absolute Gasteiger partial charge is 0.410 e. The molecule has 1 saturated heterocycles. The van der Waals surface area contributed by atoms with Gasteiger partial charge in [0.25, 0.3) is 0 Å². The van der Waals surface area contributed by atoms with Gasteiger partial charge in [-0.2, -0.15) is 0 Å². The van der Waals surface area contributed by atoms with E-state index in [9.17, 15) is 14.7 Å². The number of piperazine rings is 1. The molecule has 0 bridgehead atoms. The molecule has 1 aliphatic carbocycles. The van der Waals surface area contributed by atoms with E-state index < -0.39 is 17.1 Å². The highest BCUT2D eigenvalue weighted by Gasteiger charge is 2.45. The monoisotopic (exact) mass is 510 g/mol. The zero-order valence-corrected chi connectivity index (χ0v) is 21.1. The fourth-order valence-electron chi connectivity index (χ4n) is 4.62. The summed E-state index contributed by atoms with van der Waals surface area (Å²) in [4.78, 5) is 29.6. The Labute approximate surface area is 199 Å². The van der Waals surface area contributed by atoms with Gasteiger partial charge in [0, 0.05) is 26.2 Å². The summed E-state index contributed by atoms with van der Waals surface area (Å²) in [6.07, 6.45) is 3.74. The molecule has 178 valence electrons. The highest BCUT2D eigenvalue weighted by atomic mass is 79.9. The average Bonchev–Trinajstić information content (AvgIpc) is 2.73. The summed E-state index contributed by atoms with van der Waals surface area (Å²) in [5.41, 5.74) is -0.853. The van der Waals surface area contributed by atoms with Crippen LogP contribution in [0.15, 0.2) is 22.7 Å². The standard InChI is InChI=1S/C24H35BrN2O5/c1-23(2,3)32-22(29)27-14-12-26(13-15-27)21(28)20(24(30)10-6-5-7-11-24)17-8-9-19(31-4)18(25)16-17/h8-9,16,20,30H,5-7,10-15H2,1-4H3. The minimum absolute atomic E-state index is 0.0877. The van der Waals surface area contributed by atoms with Crippen LogP contribution in [-0.4, -0.2) is 71.4 Å². The number of aliphatic hydroxyl groups is 1. The minimum Gasteiger partial charge on any atom is -0.496 e. The molecule has 32 heavy (non-hydrogen) atoms. The maximum atomic E-state index is 13.8. The van der Waals surface area contributed by atoms with Gasteiger partial charge in [0.1, 0.15) is 11.4 Å². The van der Waals surface area contributed by atoms with E-state index in [1.54, 1.807) is 16.9 Å². The van der Waals surface area contributed by atoms with Gasteiger partial charge in [-0.15, -0.1) is 0 Å². The molecule has 0 spiro atoms. The van der Waals surface area contributed by atoms with Gasteiger partial charge in [-0.05, 0) is 67.2 Å². The Hall–Kier alpha value is -1.80. The number of carbonyl (C=O) groups excluding carboxylic acids is 2. The zero-order valence-electron chi connectivity index (χ0n) is 19.5. The molecule has 7 nitrogen and oxygen atoms in total. The molecule has 1 saturated carbocycles. The fourth-order valence-corrected chi connectivity index (χ4v) is 5.17. The number of nitrogens with zero attached hydrogens (tertiary/aromatic N) is 2. The van der Waals surface area contributed by atoms with Crippen LogP contribution in [0, 0.1) is 0 Å². The SMILES string of the molecule is COc1ccc(C(C(=O)N2CCN(C(=O)OC(C)(C)C)CC2)C2(O)CCCCC2)cc1Br. The van der Waals surface area contributed by atoms with Gasteiger partial charge in [-0.1, -0.05) is 25.3 Å². The third-order valence-corrected chi connectivity index (χ3v) is 6.88. The average molecular weight is 511 g/mol. The Balaban J connectivity index is 1.79. The zero-order chi connectivity index (χ0) is 23.5. The number of methoxy groups -OCH3 is 1. The predicted octanol–water partition coefficient (Wildman–Crippen LogP) is 4.32. The maximum absolute atomic E-state index is 13.8. The molecule has 1 aromatic rings. The Morgan fingerprint density at radius 2 is 1.66 bits per heavy atom. The van der Waals surface area contributed by atoms with E-state index in [2.05, 4.69) is 15.9 Å². The van der Waals surface area contributed by atoms with Crippen LogP contribution in [0.4, 0.5) is 4.79 Å². The first-order valence-electron chi connectivity index (χ1n) is 11.4. The molecule has 0 radical (unpaired) electrons. The van der Waals surface area contributed by atoms with E-state index in [1.165, 1.54) is 0 Å². The number of halogens is 1. The molecule has 1 aromatic carbocycles. The van der Waals surface area contributed by atoms with Crippen LogP contribution in [0.5, 0.6) is 5.75 Å². The van der Waals surface area contributed by atoms with Crippen molar-refractivity contribution in [3.05, 3.63) is 28.2 Å². The molecule has 1 heterocycles. The highest BCUT2D eigenvalue weighted by Crippen LogP contribution is 2.42. The van der Waals surface area contributed by atoms with E-state index in [-0.39, 0.29) is 12.0 Å². The van der Waals surface area contributed by atoms with Gasteiger partial charge in [0.05, 0.1) is 23.1 Å². The lowest BCUT2D eigenvalue weighted by Crippen LogP contribution is -2.55. The van der Waals surface area contributed by atoms with E-state index >= 15 is 0 Å². The third kappa shape index (κ3) is 5.76. The molecule has 1 unspecified atom stereocenters. The van der Waals surface area contributed by atoms with Gasteiger partial charge in [0.2, 0.25) is 5.91 Å². The molecule has 1 N–H and O–H groups in total. The first-order valence-corrected chi connectivity index (χ1v) is 12.2. The largest absolute Gasteiger partial charge is 0.496 e. The van der Waals surface area contributed by atoms with Crippen LogP contribution in [0.25, 0.3) is 0 Å². The van der Waals surface area contributed by atoms with Crippen LogP contribution in [0.3, 0.4) is 0 Å². The third-order valence-electron chi connectivity index (χ3n) is 6.26. The second-order valence-corrected chi connectivity index (χ2v) is 10.6. The lowest BCUT2D eigenvalue weighted by molar-refractivity contribution is -0.143. The summed E-state index contributed by atoms with van der Waals surface area (Å²) in [7, 11) is 1.60. The van der Waals surface area contributed by atoms with Crippen LogP contribution < -0.4 is 4.74 Å². The Morgan fingerprint density at radius 1 is 1.06 bits per heavy atom. The van der Waals surface area contributed by atoms with Crippen molar-refractivity contribution in [3.8, 4) is 5.75 Å². The number of amides is 2. The second-order valence-electron chi connectivity index (χ2n) is 9.78. The Kier molecular flexibility index (Phi) is 7.76. The van der Waals surface area contributed by atoms with Crippen LogP contribution in [-0.2, 0) is 9.53 Å². The molecule has 2 aliphatic rings. The normalized spacial score (nSPS) is 19.9. The summed E-state index contributed by atoms with van der Waals surface area (Å²) in [6, 6.07) is 5.58. The maximum Gasteiger partial charge on any atom is 0.410 e. The number of benzene rings is 1. The van der Waals surface area contributed by atoms with Crippen molar-refractivity contribution in [2.45, 2.75) is 70.0 Å².